The molecule has 1 fully saturated rings. The molecule has 7 nitrogen and oxygen atoms in total. The number of para-hydroxylation sites is 1. The highest BCUT2D eigenvalue weighted by Crippen LogP contribution is 2.37. The summed E-state index contributed by atoms with van der Waals surface area (Å²) < 4.78 is 55.2. The van der Waals surface area contributed by atoms with E-state index >= 15 is 0 Å². The van der Waals surface area contributed by atoms with E-state index in [-0.39, 0.29) is 43.3 Å². The third-order valence-corrected chi connectivity index (χ3v) is 7.54. The highest BCUT2D eigenvalue weighted by molar-refractivity contribution is 7.15. The van der Waals surface area contributed by atoms with Gasteiger partial charge in [0.1, 0.15) is 10.8 Å². The zero-order valence-corrected chi connectivity index (χ0v) is 22.6. The average Bonchev–Trinajstić information content (AvgIpc) is 3.23. The molecule has 0 saturated carbocycles. The number of benzene rings is 1. The Bertz CT molecular complexity index is 1060. The molecule has 3 rings (SSSR count). The first-order valence-corrected chi connectivity index (χ1v) is 12.8. The lowest BCUT2D eigenvalue weighted by molar-refractivity contribution is -0.201. The van der Waals surface area contributed by atoms with Crippen molar-refractivity contribution in [3.05, 3.63) is 35.3 Å². The summed E-state index contributed by atoms with van der Waals surface area (Å²) in [5.41, 5.74) is -2.97. The number of aromatic nitrogens is 1. The van der Waals surface area contributed by atoms with Gasteiger partial charge in [0, 0.05) is 24.2 Å². The van der Waals surface area contributed by atoms with Crippen LogP contribution in [0.4, 0.5) is 13.2 Å². The lowest BCUT2D eigenvalue weighted by Crippen LogP contribution is -2.53. The van der Waals surface area contributed by atoms with E-state index in [1.807, 2.05) is 27.8 Å². The van der Waals surface area contributed by atoms with Crippen LogP contribution < -0.4 is 4.74 Å². The zero-order chi connectivity index (χ0) is 27.4. The lowest BCUT2D eigenvalue weighted by Gasteiger charge is -2.41. The number of carboxylic acids is 1. The molecule has 37 heavy (non-hydrogen) atoms. The summed E-state index contributed by atoms with van der Waals surface area (Å²) in [6.07, 6.45) is 1.90. The second-order valence-corrected chi connectivity index (χ2v) is 12.1. The van der Waals surface area contributed by atoms with Crippen molar-refractivity contribution in [3.63, 3.8) is 0 Å². The van der Waals surface area contributed by atoms with Gasteiger partial charge in [0.25, 0.3) is 0 Å². The van der Waals surface area contributed by atoms with Crippen LogP contribution in [-0.4, -0.2) is 72.3 Å². The van der Waals surface area contributed by atoms with Crippen molar-refractivity contribution in [2.24, 2.45) is 11.3 Å². The normalized spacial score (nSPS) is 17.9. The van der Waals surface area contributed by atoms with Crippen molar-refractivity contribution in [1.29, 1.82) is 0 Å². The molecular weight excluding hydrogens is 509 g/mol. The van der Waals surface area contributed by atoms with Crippen LogP contribution in [0.2, 0.25) is 0 Å². The fourth-order valence-electron chi connectivity index (χ4n) is 4.07. The molecule has 1 N–H and O–H groups in total. The molecule has 2 heterocycles. The van der Waals surface area contributed by atoms with Crippen molar-refractivity contribution < 1.29 is 37.3 Å². The van der Waals surface area contributed by atoms with E-state index in [1.54, 1.807) is 24.4 Å². The molecule has 2 atom stereocenters. The molecule has 0 amide bonds. The van der Waals surface area contributed by atoms with Gasteiger partial charge in [0.05, 0.1) is 25.4 Å². The van der Waals surface area contributed by atoms with Crippen LogP contribution >= 0.6 is 11.3 Å². The zero-order valence-electron chi connectivity index (χ0n) is 21.8. The molecule has 1 aliphatic rings. The number of aliphatic carboxylic acids is 1. The number of hydrogen-bond acceptors (Lipinski definition) is 7. The number of rotatable bonds is 13. The van der Waals surface area contributed by atoms with Gasteiger partial charge in [0.15, 0.2) is 11.3 Å². The minimum atomic E-state index is -2.93. The number of nitrogens with zero attached hydrogens (tertiary/aromatic N) is 2. The van der Waals surface area contributed by atoms with Crippen LogP contribution in [0.25, 0.3) is 10.6 Å². The van der Waals surface area contributed by atoms with E-state index in [4.69, 9.17) is 9.47 Å². The Morgan fingerprint density at radius 2 is 1.95 bits per heavy atom. The van der Waals surface area contributed by atoms with E-state index < -0.39 is 23.9 Å². The molecule has 1 aromatic carbocycles. The van der Waals surface area contributed by atoms with Gasteiger partial charge in [-0.3, -0.25) is 0 Å². The number of ether oxygens (including phenoxy) is 3. The highest BCUT2D eigenvalue weighted by atomic mass is 32.1. The predicted octanol–water partition coefficient (Wildman–Crippen LogP) is 5.49. The summed E-state index contributed by atoms with van der Waals surface area (Å²) in [7, 11) is 1.92. The van der Waals surface area contributed by atoms with Crippen molar-refractivity contribution in [3.8, 4) is 16.3 Å². The highest BCUT2D eigenvalue weighted by Gasteiger charge is 2.46. The van der Waals surface area contributed by atoms with E-state index in [1.165, 1.54) is 24.3 Å². The van der Waals surface area contributed by atoms with Crippen LogP contribution in [0.5, 0.6) is 5.75 Å². The second kappa shape index (κ2) is 11.7. The molecule has 0 radical (unpaired) electrons. The van der Waals surface area contributed by atoms with E-state index in [0.717, 1.165) is 4.88 Å². The van der Waals surface area contributed by atoms with Crippen LogP contribution in [0.3, 0.4) is 0 Å². The molecule has 206 valence electrons. The SMILES string of the molecule is CN(Cc1cnc(-c2ccccc2OC(F)F)s1)C[C@@H](C[C@@](C)(OCC1(F)COC1)C(=O)O)C(C)(C)C. The van der Waals surface area contributed by atoms with Gasteiger partial charge in [-0.05, 0) is 43.9 Å². The Kier molecular flexibility index (Phi) is 9.26. The third-order valence-electron chi connectivity index (χ3n) is 6.53. The Balaban J connectivity index is 1.69. The van der Waals surface area contributed by atoms with Crippen molar-refractivity contribution in [2.45, 2.75) is 58.5 Å². The summed E-state index contributed by atoms with van der Waals surface area (Å²) in [4.78, 5) is 19.5. The van der Waals surface area contributed by atoms with E-state index in [2.05, 4.69) is 14.6 Å². The topological polar surface area (TPSA) is 81.1 Å². The predicted molar refractivity (Wildman–Crippen MR) is 135 cm³/mol. The molecule has 0 spiro atoms. The first-order valence-electron chi connectivity index (χ1n) is 12.0. The lowest BCUT2D eigenvalue weighted by atomic mass is 9.74. The third kappa shape index (κ3) is 7.89. The number of halogens is 3. The van der Waals surface area contributed by atoms with Crippen LogP contribution in [0.1, 0.15) is 39.0 Å². The molecule has 1 aliphatic heterocycles. The summed E-state index contributed by atoms with van der Waals surface area (Å²) in [6.45, 7) is 5.23. The fourth-order valence-corrected chi connectivity index (χ4v) is 5.09. The Hall–Kier alpha value is -2.21. The first kappa shape index (κ1) is 29.3. The molecule has 0 bridgehead atoms. The molecule has 2 aromatic rings. The van der Waals surface area contributed by atoms with Gasteiger partial charge in [-0.25, -0.2) is 14.2 Å². The first-order chi connectivity index (χ1) is 17.2. The number of alkyl halides is 3. The number of carboxylic acid groups (broad SMARTS) is 1. The summed E-state index contributed by atoms with van der Waals surface area (Å²) in [5.74, 6) is -1.17. The van der Waals surface area contributed by atoms with Crippen LogP contribution in [0, 0.1) is 11.3 Å². The quantitative estimate of drug-likeness (QED) is 0.357. The monoisotopic (exact) mass is 544 g/mol. The second-order valence-electron chi connectivity index (χ2n) is 10.9. The number of hydrogen-bond donors (Lipinski definition) is 1. The van der Waals surface area contributed by atoms with Crippen molar-refractivity contribution in [2.75, 3.05) is 33.4 Å². The number of thiazole rings is 1. The van der Waals surface area contributed by atoms with Crippen molar-refractivity contribution >= 4 is 17.3 Å². The summed E-state index contributed by atoms with van der Waals surface area (Å²) in [6, 6.07) is 6.52. The van der Waals surface area contributed by atoms with E-state index in [9.17, 15) is 23.1 Å². The van der Waals surface area contributed by atoms with Crippen LogP contribution in [0.15, 0.2) is 30.5 Å². The molecular formula is C26H35F3N2O5S. The minimum absolute atomic E-state index is 0.0658. The maximum atomic E-state index is 14.4. The Morgan fingerprint density at radius 3 is 2.51 bits per heavy atom. The van der Waals surface area contributed by atoms with Gasteiger partial charge in [-0.1, -0.05) is 32.9 Å². The van der Waals surface area contributed by atoms with Gasteiger partial charge < -0.3 is 24.2 Å². The Labute approximate surface area is 219 Å². The van der Waals surface area contributed by atoms with Gasteiger partial charge in [-0.2, -0.15) is 8.78 Å². The minimum Gasteiger partial charge on any atom is -0.479 e. The van der Waals surface area contributed by atoms with Crippen LogP contribution in [-0.2, 0) is 20.8 Å². The standard InChI is InChI=1S/C26H35F3N2O5S/c1-24(2,3)17(10-25(4,22(32)33)35-16-26(29)14-34-15-26)12-31(5)13-18-11-30-21(37-18)19-8-6-7-9-20(19)36-23(27)28/h6-9,11,17,23H,10,12-16H2,1-5H3,(H,32,33)/t17-,25-/m1/s1. The van der Waals surface area contributed by atoms with Gasteiger partial charge in [0.2, 0.25) is 0 Å². The summed E-state index contributed by atoms with van der Waals surface area (Å²) in [5, 5.41) is 10.5. The van der Waals surface area contributed by atoms with Gasteiger partial charge >= 0.3 is 12.6 Å². The molecule has 1 aromatic heterocycles. The largest absolute Gasteiger partial charge is 0.479 e. The summed E-state index contributed by atoms with van der Waals surface area (Å²) >= 11 is 1.38. The molecule has 11 heteroatoms. The average molecular weight is 545 g/mol. The molecule has 0 unspecified atom stereocenters. The van der Waals surface area contributed by atoms with E-state index in [0.29, 0.717) is 23.7 Å². The maximum absolute atomic E-state index is 14.4. The molecule has 1 saturated heterocycles. The number of carbonyl (C=O) groups is 1. The van der Waals surface area contributed by atoms with Gasteiger partial charge in [-0.15, -0.1) is 11.3 Å². The maximum Gasteiger partial charge on any atom is 0.387 e. The fraction of sp³-hybridized carbons (Fsp3) is 0.615. The van der Waals surface area contributed by atoms with Crippen molar-refractivity contribution in [1.82, 2.24) is 9.88 Å². The smallest absolute Gasteiger partial charge is 0.387 e. The Morgan fingerprint density at radius 1 is 1.27 bits per heavy atom. The molecule has 0 aliphatic carbocycles.